The Kier molecular flexibility index (Phi) is 6.93. The predicted molar refractivity (Wildman–Crippen MR) is 100 cm³/mol. The minimum Gasteiger partial charge on any atom is -0.377 e. The van der Waals surface area contributed by atoms with Crippen molar-refractivity contribution < 1.29 is 17.9 Å². The zero-order valence-electron chi connectivity index (χ0n) is 15.9. The molecule has 3 heterocycles. The number of piperidine rings is 1. The number of carbonyl (C=O) groups excluding carboxylic acids is 1. The van der Waals surface area contributed by atoms with Crippen LogP contribution in [0.3, 0.4) is 0 Å². The second-order valence-electron chi connectivity index (χ2n) is 7.77. The van der Waals surface area contributed by atoms with Gasteiger partial charge in [0, 0.05) is 52.4 Å². The van der Waals surface area contributed by atoms with Crippen LogP contribution in [0.4, 0.5) is 0 Å². The fraction of sp³-hybridized carbons (Fsp3) is 0.944. The molecular formula is C18H33N3O4S. The summed E-state index contributed by atoms with van der Waals surface area (Å²) in [6.07, 6.45) is 4.84. The van der Waals surface area contributed by atoms with E-state index in [0.29, 0.717) is 25.6 Å². The summed E-state index contributed by atoms with van der Waals surface area (Å²) >= 11 is 0. The van der Waals surface area contributed by atoms with Crippen LogP contribution < -0.4 is 0 Å². The van der Waals surface area contributed by atoms with Crippen molar-refractivity contribution in [3.8, 4) is 0 Å². The number of carbonyl (C=O) groups is 1. The van der Waals surface area contributed by atoms with Gasteiger partial charge in [0.15, 0.2) is 0 Å². The maximum Gasteiger partial charge on any atom is 0.227 e. The highest BCUT2D eigenvalue weighted by Crippen LogP contribution is 2.23. The lowest BCUT2D eigenvalue weighted by Gasteiger charge is -2.39. The molecule has 0 aromatic carbocycles. The van der Waals surface area contributed by atoms with Crippen molar-refractivity contribution in [2.45, 2.75) is 45.1 Å². The van der Waals surface area contributed by atoms with Crippen molar-refractivity contribution in [3.05, 3.63) is 0 Å². The molecule has 0 aromatic rings. The topological polar surface area (TPSA) is 70.2 Å². The summed E-state index contributed by atoms with van der Waals surface area (Å²) in [6.45, 7) is 7.88. The van der Waals surface area contributed by atoms with Gasteiger partial charge in [-0.1, -0.05) is 6.92 Å². The Morgan fingerprint density at radius 1 is 1.08 bits per heavy atom. The van der Waals surface area contributed by atoms with Gasteiger partial charge in [0.05, 0.1) is 17.8 Å². The SMILES string of the molecule is CCCS(=O)(=O)N1CCCC(C(=O)N2CCN(CC3CCCO3)CC2)C1. The molecule has 2 unspecified atom stereocenters. The molecule has 0 spiro atoms. The van der Waals surface area contributed by atoms with Crippen LogP contribution in [0.5, 0.6) is 0 Å². The standard InChI is InChI=1S/C18H33N3O4S/c1-2-13-26(23,24)21-7-3-5-16(14-21)18(22)20-10-8-19(9-11-20)15-17-6-4-12-25-17/h16-17H,2-15H2,1H3. The van der Waals surface area contributed by atoms with Crippen molar-refractivity contribution in [1.82, 2.24) is 14.1 Å². The smallest absolute Gasteiger partial charge is 0.227 e. The molecule has 26 heavy (non-hydrogen) atoms. The summed E-state index contributed by atoms with van der Waals surface area (Å²) in [6, 6.07) is 0. The van der Waals surface area contributed by atoms with Gasteiger partial charge in [0.1, 0.15) is 0 Å². The van der Waals surface area contributed by atoms with E-state index in [2.05, 4.69) is 4.90 Å². The molecule has 8 heteroatoms. The van der Waals surface area contributed by atoms with E-state index in [9.17, 15) is 13.2 Å². The monoisotopic (exact) mass is 387 g/mol. The van der Waals surface area contributed by atoms with E-state index in [4.69, 9.17) is 4.74 Å². The third kappa shape index (κ3) is 4.97. The van der Waals surface area contributed by atoms with Crippen LogP contribution in [0.2, 0.25) is 0 Å². The van der Waals surface area contributed by atoms with E-state index in [1.165, 1.54) is 4.31 Å². The molecule has 0 bridgehead atoms. The number of piperazine rings is 1. The van der Waals surface area contributed by atoms with Gasteiger partial charge < -0.3 is 9.64 Å². The van der Waals surface area contributed by atoms with Gasteiger partial charge in [-0.2, -0.15) is 0 Å². The van der Waals surface area contributed by atoms with Crippen LogP contribution in [0.1, 0.15) is 39.0 Å². The van der Waals surface area contributed by atoms with Crippen LogP contribution in [0.25, 0.3) is 0 Å². The second kappa shape index (κ2) is 8.99. The van der Waals surface area contributed by atoms with Gasteiger partial charge in [0.25, 0.3) is 0 Å². The number of ether oxygens (including phenoxy) is 1. The number of hydrogen-bond donors (Lipinski definition) is 0. The predicted octanol–water partition coefficient (Wildman–Crippen LogP) is 0.761. The summed E-state index contributed by atoms with van der Waals surface area (Å²) < 4.78 is 31.9. The molecule has 7 nitrogen and oxygen atoms in total. The summed E-state index contributed by atoms with van der Waals surface area (Å²) in [5.41, 5.74) is 0. The van der Waals surface area contributed by atoms with E-state index in [1.54, 1.807) is 0 Å². The average molecular weight is 388 g/mol. The Morgan fingerprint density at radius 3 is 2.50 bits per heavy atom. The maximum atomic E-state index is 12.9. The Hall–Kier alpha value is -0.700. The zero-order valence-corrected chi connectivity index (χ0v) is 16.8. The Morgan fingerprint density at radius 2 is 1.85 bits per heavy atom. The fourth-order valence-electron chi connectivity index (χ4n) is 4.27. The van der Waals surface area contributed by atoms with E-state index >= 15 is 0 Å². The first kappa shape index (κ1) is 20.0. The molecule has 0 saturated carbocycles. The van der Waals surface area contributed by atoms with Gasteiger partial charge in [-0.05, 0) is 32.1 Å². The highest BCUT2D eigenvalue weighted by atomic mass is 32.2. The molecule has 0 aromatic heterocycles. The van der Waals surface area contributed by atoms with Crippen molar-refractivity contribution >= 4 is 15.9 Å². The molecule has 0 N–H and O–H groups in total. The van der Waals surface area contributed by atoms with Gasteiger partial charge in [0.2, 0.25) is 15.9 Å². The third-order valence-electron chi connectivity index (χ3n) is 5.76. The lowest BCUT2D eigenvalue weighted by atomic mass is 9.97. The molecule has 0 radical (unpaired) electrons. The second-order valence-corrected chi connectivity index (χ2v) is 9.86. The first-order chi connectivity index (χ1) is 12.5. The van der Waals surface area contributed by atoms with Crippen LogP contribution in [0, 0.1) is 5.92 Å². The van der Waals surface area contributed by atoms with Crippen LogP contribution in [0.15, 0.2) is 0 Å². The normalized spacial score (nSPS) is 29.2. The van der Waals surface area contributed by atoms with Gasteiger partial charge in [-0.3, -0.25) is 9.69 Å². The molecule has 3 rings (SSSR count). The largest absolute Gasteiger partial charge is 0.377 e. The van der Waals surface area contributed by atoms with Gasteiger partial charge in [-0.25, -0.2) is 12.7 Å². The molecule has 3 aliphatic rings. The molecule has 150 valence electrons. The quantitative estimate of drug-likeness (QED) is 0.673. The molecule has 3 aliphatic heterocycles. The molecule has 3 saturated heterocycles. The maximum absolute atomic E-state index is 12.9. The highest BCUT2D eigenvalue weighted by Gasteiger charge is 2.35. The minimum absolute atomic E-state index is 0.137. The van der Waals surface area contributed by atoms with E-state index in [-0.39, 0.29) is 17.6 Å². The number of hydrogen-bond acceptors (Lipinski definition) is 5. The van der Waals surface area contributed by atoms with E-state index in [0.717, 1.165) is 65.0 Å². The lowest BCUT2D eigenvalue weighted by Crippen LogP contribution is -2.54. The van der Waals surface area contributed by atoms with Crippen molar-refractivity contribution in [2.24, 2.45) is 5.92 Å². The molecule has 1 amide bonds. The molecule has 0 aliphatic carbocycles. The van der Waals surface area contributed by atoms with E-state index < -0.39 is 10.0 Å². The number of sulfonamides is 1. The Balaban J connectivity index is 1.48. The summed E-state index contributed by atoms with van der Waals surface area (Å²) in [5.74, 6) is 0.133. The van der Waals surface area contributed by atoms with Crippen LogP contribution in [-0.2, 0) is 19.6 Å². The first-order valence-electron chi connectivity index (χ1n) is 10.1. The van der Waals surface area contributed by atoms with Crippen LogP contribution in [-0.4, -0.2) is 92.7 Å². The number of nitrogens with zero attached hydrogens (tertiary/aromatic N) is 3. The summed E-state index contributed by atoms with van der Waals surface area (Å²) in [4.78, 5) is 17.2. The number of amides is 1. The minimum atomic E-state index is -3.21. The highest BCUT2D eigenvalue weighted by molar-refractivity contribution is 7.89. The first-order valence-corrected chi connectivity index (χ1v) is 11.7. The number of rotatable bonds is 6. The molecule has 2 atom stereocenters. The third-order valence-corrected chi connectivity index (χ3v) is 7.80. The van der Waals surface area contributed by atoms with Crippen molar-refractivity contribution in [3.63, 3.8) is 0 Å². The van der Waals surface area contributed by atoms with Gasteiger partial charge in [-0.15, -0.1) is 0 Å². The summed E-state index contributed by atoms with van der Waals surface area (Å²) in [5, 5.41) is 0. The summed E-state index contributed by atoms with van der Waals surface area (Å²) in [7, 11) is -3.21. The van der Waals surface area contributed by atoms with Crippen LogP contribution >= 0.6 is 0 Å². The van der Waals surface area contributed by atoms with Crippen molar-refractivity contribution in [2.75, 3.05) is 58.2 Å². The molecule has 3 fully saturated rings. The zero-order chi connectivity index (χ0) is 18.6. The Labute approximate surface area is 157 Å². The fourth-order valence-corrected chi connectivity index (χ4v) is 5.86. The Bertz CT molecular complexity index is 569. The molecular weight excluding hydrogens is 354 g/mol. The average Bonchev–Trinajstić information content (AvgIpc) is 3.15. The van der Waals surface area contributed by atoms with E-state index in [1.807, 2.05) is 11.8 Å². The van der Waals surface area contributed by atoms with Crippen molar-refractivity contribution in [1.29, 1.82) is 0 Å². The van der Waals surface area contributed by atoms with Gasteiger partial charge >= 0.3 is 0 Å². The lowest BCUT2D eigenvalue weighted by molar-refractivity contribution is -0.138.